The molecular weight excluding hydrogens is 1540 g/mol. The molecule has 0 radical (unpaired) electrons. The second-order valence-corrected chi connectivity index (χ2v) is 28.1. The average Bonchev–Trinajstić information content (AvgIpc) is 1.30. The molecule has 6 aromatic rings. The zero-order chi connectivity index (χ0) is 70.0. The maximum atomic E-state index is 12.6. The van der Waals surface area contributed by atoms with Crippen molar-refractivity contribution < 1.29 is 127 Å². The summed E-state index contributed by atoms with van der Waals surface area (Å²) in [7, 11) is -21.5. The molecule has 0 amide bonds. The van der Waals surface area contributed by atoms with Gasteiger partial charge < -0.3 is 154 Å². The van der Waals surface area contributed by atoms with Crippen LogP contribution in [-0.4, -0.2) is 199 Å². The number of rotatable bonds is 18. The zero-order valence-corrected chi connectivity index (χ0v) is 56.0. The monoisotopic (exact) mass is 1590 g/mol. The molecule has 0 bridgehead atoms. The van der Waals surface area contributed by atoms with Gasteiger partial charge in [0.2, 0.25) is 23.8 Å². The van der Waals surface area contributed by atoms with E-state index in [0.717, 1.165) is 21.8 Å². The molecular formula is C40H48MoN20O27P4S4. The van der Waals surface area contributed by atoms with Crippen LogP contribution in [0.1, 0.15) is 12.5 Å². The van der Waals surface area contributed by atoms with Crippen molar-refractivity contribution >= 4 is 151 Å². The van der Waals surface area contributed by atoms with Crippen molar-refractivity contribution in [3.05, 3.63) is 73.7 Å². The molecule has 12 rings (SSSR count). The molecule has 47 nitrogen and oxygen atoms in total. The number of phosphoric acid groups is 4. The SMILES string of the molecule is Nc1nc2c(c(=O)[nH]1)NC1C([S-])=C([S-])C(COP(=O)(O)OP(=O)(O)OC[C@H]3O[C@@H](n4cnc5c(=O)[nH]c(N)nc54)[C@H](O)[C@@H]3O)OC1N2.Nc1nc2c(c(=O)[nH]1)NC1C([S-])=C([S-])C(COP(=O)(O)OP(=O)(O)OC[C@H]3O[C@@H](n4cnc5c(=O)[nH]c(N)nc54)[C@H](O)[C@@H]3O)OC1N2.[O]=[Mo+4]. The van der Waals surface area contributed by atoms with Gasteiger partial charge in [-0.15, -0.1) is 0 Å². The van der Waals surface area contributed by atoms with E-state index < -0.39 is 166 Å². The third kappa shape index (κ3) is 15.4. The first-order chi connectivity index (χ1) is 45.1. The van der Waals surface area contributed by atoms with Crippen LogP contribution in [0.4, 0.5) is 46.8 Å². The number of phosphoric ester groups is 4. The fourth-order valence-corrected chi connectivity index (χ4v) is 15.1. The molecule has 6 aromatic heterocycles. The zero-order valence-electron chi connectivity index (χ0n) is 47.1. The van der Waals surface area contributed by atoms with Crippen molar-refractivity contribution in [1.29, 1.82) is 0 Å². The molecule has 56 heteroatoms. The normalized spacial score (nSPS) is 29.2. The number of ether oxygens (including phenoxy) is 4. The Balaban J connectivity index is 0.000000204. The van der Waals surface area contributed by atoms with Crippen LogP contribution >= 0.6 is 31.3 Å². The fourth-order valence-electron chi connectivity index (χ4n) is 9.79. The van der Waals surface area contributed by atoms with E-state index in [9.17, 15) is 77.4 Å². The van der Waals surface area contributed by atoms with E-state index in [-0.39, 0.29) is 88.8 Å². The molecule has 0 saturated carbocycles. The molecule has 0 spiro atoms. The number of H-pyrrole nitrogens is 4. The Hall–Kier alpha value is -6.09. The number of nitrogens with two attached hydrogens (primary N) is 4. The third-order valence-electron chi connectivity index (χ3n) is 14.0. The van der Waals surface area contributed by atoms with Crippen LogP contribution in [0.5, 0.6) is 0 Å². The Morgan fingerprint density at radius 3 is 1.16 bits per heavy atom. The van der Waals surface area contributed by atoms with Gasteiger partial charge in [0.25, 0.3) is 22.2 Å². The van der Waals surface area contributed by atoms with Crippen LogP contribution in [0, 0.1) is 0 Å². The van der Waals surface area contributed by atoms with Gasteiger partial charge >= 0.3 is 54.5 Å². The molecule has 2 fully saturated rings. The number of imidazole rings is 2. The fraction of sp³-hybridized carbons (Fsp3) is 0.450. The number of nitrogens with zero attached hydrogens (tertiary/aromatic N) is 8. The number of anilines is 8. The Kier molecular flexibility index (Phi) is 21.4. The summed E-state index contributed by atoms with van der Waals surface area (Å²) in [6, 6.07) is -1.63. The minimum atomic E-state index is -5.39. The van der Waals surface area contributed by atoms with Crippen LogP contribution in [0.3, 0.4) is 0 Å². The molecule has 0 aromatic carbocycles. The number of hydrogen-bond donors (Lipinski definition) is 20. The Morgan fingerprint density at radius 2 is 0.802 bits per heavy atom. The second kappa shape index (κ2) is 28.3. The first-order valence-corrected chi connectivity index (χ1v) is 34.8. The average molecular weight is 1590 g/mol. The van der Waals surface area contributed by atoms with Crippen molar-refractivity contribution in [2.75, 3.05) is 70.6 Å². The summed E-state index contributed by atoms with van der Waals surface area (Å²) in [6.07, 6.45) is -14.8. The van der Waals surface area contributed by atoms with Crippen molar-refractivity contribution in [3.8, 4) is 0 Å². The first-order valence-electron chi connectivity index (χ1n) is 26.4. The van der Waals surface area contributed by atoms with Gasteiger partial charge in [0.15, 0.2) is 58.9 Å². The summed E-state index contributed by atoms with van der Waals surface area (Å²) in [4.78, 5) is 122. The van der Waals surface area contributed by atoms with Gasteiger partial charge in [-0.3, -0.25) is 66.3 Å². The summed E-state index contributed by atoms with van der Waals surface area (Å²) in [5.74, 6) is -0.790. The summed E-state index contributed by atoms with van der Waals surface area (Å²) in [6.45, 7) is -3.43. The molecule has 24 N–H and O–H groups in total. The molecule has 2 saturated heterocycles. The Bertz CT molecular complexity index is 4260. The molecule has 12 heterocycles. The van der Waals surface area contributed by atoms with Gasteiger partial charge in [-0.2, -0.15) is 48.2 Å². The molecule has 6 aliphatic rings. The van der Waals surface area contributed by atoms with Gasteiger partial charge in [-0.1, -0.05) is 0 Å². The summed E-state index contributed by atoms with van der Waals surface area (Å²) in [5, 5.41) is 53.4. The number of aromatic nitrogens is 12. The van der Waals surface area contributed by atoms with Gasteiger partial charge in [-0.05, 0) is 0 Å². The molecule has 0 aliphatic carbocycles. The van der Waals surface area contributed by atoms with E-state index in [4.69, 9.17) is 114 Å². The number of aromatic amines is 4. The van der Waals surface area contributed by atoms with Crippen LogP contribution in [0.2, 0.25) is 0 Å². The first kappa shape index (κ1) is 72.6. The summed E-state index contributed by atoms with van der Waals surface area (Å²) < 4.78 is 111. The minimum absolute atomic E-state index is 0.0316. The van der Waals surface area contributed by atoms with Gasteiger partial charge in [0.05, 0.1) is 63.4 Å². The van der Waals surface area contributed by atoms with Crippen LogP contribution in [0.15, 0.2) is 51.5 Å². The van der Waals surface area contributed by atoms with E-state index >= 15 is 0 Å². The van der Waals surface area contributed by atoms with E-state index in [1.807, 2.05) is 0 Å². The van der Waals surface area contributed by atoms with E-state index in [1.54, 1.807) is 0 Å². The van der Waals surface area contributed by atoms with Crippen molar-refractivity contribution in [3.63, 3.8) is 0 Å². The Labute approximate surface area is 564 Å². The van der Waals surface area contributed by atoms with Crippen LogP contribution in [-0.2, 0) is 138 Å². The Morgan fingerprint density at radius 1 is 0.479 bits per heavy atom. The maximum absolute atomic E-state index is 12.6. The standard InChI is InChI=1S/2C20H26N10O13P2S2.Mo.O/c2*21-19-26-13-7(15(33)28-19)24-6-12(47)11(46)5(41-17(6)25-13)2-40-45(37,38)43-44(35,36)39-1-4-9(31)10(32)18(42-4)30-3-23-8-14(30)27-20(22)29-16(8)34;;/h2*3-6,9-10,17-18,24,31-32,46-47H,1-2H2,(H,35,36)(H,37,38)(H3,22,27,29,34)(H4,21,25,26,28,33);;/q;;+4;/p-4/t2*4-,5?,6?,9-,10-,17?,18-;;/m11../s1. The van der Waals surface area contributed by atoms with Crippen molar-refractivity contribution in [1.82, 2.24) is 59.0 Å². The second-order valence-electron chi connectivity index (χ2n) is 20.3. The summed E-state index contributed by atoms with van der Waals surface area (Å²) >= 11 is 22.1. The number of aliphatic hydroxyl groups is 4. The van der Waals surface area contributed by atoms with Crippen molar-refractivity contribution in [2.24, 2.45) is 0 Å². The predicted molar refractivity (Wildman–Crippen MR) is 324 cm³/mol. The van der Waals surface area contributed by atoms with Crippen molar-refractivity contribution in [2.45, 2.75) is 85.8 Å². The van der Waals surface area contributed by atoms with Crippen LogP contribution in [0.25, 0.3) is 22.3 Å². The molecule has 10 unspecified atom stereocenters. The molecule has 520 valence electrons. The third-order valence-corrected chi connectivity index (χ3v) is 21.4. The number of hydrogen-bond acceptors (Lipinski definition) is 41. The number of nitrogen functional groups attached to an aromatic ring is 4. The van der Waals surface area contributed by atoms with Crippen LogP contribution < -0.4 is 66.4 Å². The molecule has 6 aliphatic heterocycles. The number of nitrogens with one attached hydrogen (secondary N) is 8. The summed E-state index contributed by atoms with van der Waals surface area (Å²) in [5.41, 5.74) is 19.4. The van der Waals surface area contributed by atoms with Gasteiger partial charge in [-0.25, -0.2) is 28.2 Å². The number of aliphatic hydroxyl groups excluding tert-OH is 4. The topological polar surface area (TPSA) is 710 Å². The van der Waals surface area contributed by atoms with Gasteiger partial charge in [0, 0.05) is 0 Å². The quantitative estimate of drug-likeness (QED) is 0.0217. The van der Waals surface area contributed by atoms with E-state index in [2.05, 4.69) is 79.7 Å². The molecule has 96 heavy (non-hydrogen) atoms. The molecule has 18 atom stereocenters. The number of fused-ring (bicyclic) bond motifs is 6. The van der Waals surface area contributed by atoms with E-state index in [1.165, 1.54) is 0 Å². The van der Waals surface area contributed by atoms with Gasteiger partial charge in [0.1, 0.15) is 48.0 Å². The predicted octanol–water partition coefficient (Wildman–Crippen LogP) is -5.77. The van der Waals surface area contributed by atoms with E-state index in [0.29, 0.717) is 19.8 Å².